The van der Waals surface area contributed by atoms with E-state index in [4.69, 9.17) is 23.7 Å². The lowest BCUT2D eigenvalue weighted by Crippen LogP contribution is -2.27. The predicted molar refractivity (Wildman–Crippen MR) is 139 cm³/mol. The van der Waals surface area contributed by atoms with Crippen LogP contribution in [-0.4, -0.2) is 60.8 Å². The van der Waals surface area contributed by atoms with Crippen molar-refractivity contribution in [1.29, 1.82) is 0 Å². The summed E-state index contributed by atoms with van der Waals surface area (Å²) < 4.78 is 29.1. The summed E-state index contributed by atoms with van der Waals surface area (Å²) in [5.74, 6) is 1.60. The number of benzene rings is 2. The standard InChI is InChI=1S/C27H29N3O7/c1-27(2,3)37-26(32)36-23-10-16-15(9-20(23)33-6)18-13-28-19-12-22-21(34-14-35-22)11-17(19)24(18)30(25(16)31)8-7-29(4)5/h9-13H,7-8,14H2,1-6H3. The van der Waals surface area contributed by atoms with Gasteiger partial charge in [-0.05, 0) is 53.1 Å². The molecule has 0 fully saturated rings. The zero-order chi connectivity index (χ0) is 26.5. The largest absolute Gasteiger partial charge is 0.514 e. The van der Waals surface area contributed by atoms with Crippen LogP contribution in [0.2, 0.25) is 0 Å². The molecule has 0 saturated heterocycles. The smallest absolute Gasteiger partial charge is 0.493 e. The lowest BCUT2D eigenvalue weighted by Gasteiger charge is -2.20. The van der Waals surface area contributed by atoms with E-state index >= 15 is 0 Å². The van der Waals surface area contributed by atoms with Crippen molar-refractivity contribution in [3.63, 3.8) is 0 Å². The van der Waals surface area contributed by atoms with Crippen molar-refractivity contribution in [2.45, 2.75) is 32.9 Å². The monoisotopic (exact) mass is 507 g/mol. The van der Waals surface area contributed by atoms with Crippen molar-refractivity contribution >= 4 is 38.7 Å². The highest BCUT2D eigenvalue weighted by Gasteiger charge is 2.23. The van der Waals surface area contributed by atoms with E-state index in [2.05, 4.69) is 4.98 Å². The Bertz CT molecular complexity index is 1600. The topological polar surface area (TPSA) is 101 Å². The van der Waals surface area contributed by atoms with Gasteiger partial charge in [-0.2, -0.15) is 0 Å². The molecule has 0 radical (unpaired) electrons. The Morgan fingerprint density at radius 3 is 2.41 bits per heavy atom. The van der Waals surface area contributed by atoms with Gasteiger partial charge in [-0.3, -0.25) is 9.78 Å². The summed E-state index contributed by atoms with van der Waals surface area (Å²) in [4.78, 5) is 33.0. The predicted octanol–water partition coefficient (Wildman–Crippen LogP) is 4.32. The molecule has 0 aliphatic carbocycles. The third-order valence-electron chi connectivity index (χ3n) is 6.03. The van der Waals surface area contributed by atoms with Crippen LogP contribution in [0.3, 0.4) is 0 Å². The molecule has 5 rings (SSSR count). The van der Waals surface area contributed by atoms with Gasteiger partial charge in [-0.25, -0.2) is 4.79 Å². The molecule has 37 heavy (non-hydrogen) atoms. The highest BCUT2D eigenvalue weighted by molar-refractivity contribution is 6.15. The van der Waals surface area contributed by atoms with Crippen molar-refractivity contribution in [2.75, 3.05) is 34.5 Å². The summed E-state index contributed by atoms with van der Waals surface area (Å²) in [7, 11) is 5.37. The van der Waals surface area contributed by atoms with E-state index < -0.39 is 11.8 Å². The van der Waals surface area contributed by atoms with Gasteiger partial charge in [-0.1, -0.05) is 0 Å². The Balaban J connectivity index is 1.79. The van der Waals surface area contributed by atoms with E-state index in [9.17, 15) is 9.59 Å². The molecule has 2 aromatic heterocycles. The number of methoxy groups -OCH3 is 1. The number of ether oxygens (including phenoxy) is 5. The molecule has 2 aromatic carbocycles. The van der Waals surface area contributed by atoms with Gasteiger partial charge in [0.25, 0.3) is 5.56 Å². The van der Waals surface area contributed by atoms with Crippen molar-refractivity contribution < 1.29 is 28.5 Å². The van der Waals surface area contributed by atoms with E-state index in [-0.39, 0.29) is 23.9 Å². The molecule has 0 N–H and O–H groups in total. The van der Waals surface area contributed by atoms with Crippen LogP contribution >= 0.6 is 0 Å². The van der Waals surface area contributed by atoms with Crippen molar-refractivity contribution in [3.8, 4) is 23.0 Å². The summed E-state index contributed by atoms with van der Waals surface area (Å²) >= 11 is 0. The fraction of sp³-hybridized carbons (Fsp3) is 0.370. The van der Waals surface area contributed by atoms with Crippen LogP contribution in [-0.2, 0) is 11.3 Å². The first-order valence-corrected chi connectivity index (χ1v) is 11.9. The number of likely N-dealkylation sites (N-methyl/N-ethyl adjacent to an activating group) is 1. The van der Waals surface area contributed by atoms with E-state index in [1.807, 2.05) is 31.1 Å². The molecule has 0 spiro atoms. The molecule has 10 nitrogen and oxygen atoms in total. The SMILES string of the molecule is COc1cc2c(cc1OC(=O)OC(C)(C)C)c(=O)n(CCN(C)C)c1c3cc4c(cc3ncc21)OCO4. The fourth-order valence-electron chi connectivity index (χ4n) is 4.38. The molecule has 10 heteroatoms. The average molecular weight is 508 g/mol. The van der Waals surface area contributed by atoms with E-state index in [0.29, 0.717) is 40.9 Å². The van der Waals surface area contributed by atoms with Crippen LogP contribution in [0.4, 0.5) is 4.79 Å². The van der Waals surface area contributed by atoms with Gasteiger partial charge in [0.05, 0.1) is 23.5 Å². The molecule has 0 atom stereocenters. The number of aromatic nitrogens is 2. The normalized spacial score (nSPS) is 13.1. The first-order valence-electron chi connectivity index (χ1n) is 11.9. The molecule has 1 aliphatic rings. The van der Waals surface area contributed by atoms with E-state index in [1.54, 1.807) is 37.6 Å². The summed E-state index contributed by atoms with van der Waals surface area (Å²) in [5.41, 5.74) is 0.445. The molecular formula is C27H29N3O7. The number of pyridine rings is 2. The Morgan fingerprint density at radius 1 is 1.03 bits per heavy atom. The maximum Gasteiger partial charge on any atom is 0.514 e. The Kier molecular flexibility index (Phi) is 6.07. The molecular weight excluding hydrogens is 478 g/mol. The summed E-state index contributed by atoms with van der Waals surface area (Å²) in [5, 5.41) is 2.52. The minimum absolute atomic E-state index is 0.0944. The number of rotatable bonds is 5. The first kappa shape index (κ1) is 24.6. The lowest BCUT2D eigenvalue weighted by atomic mass is 10.0. The second kappa shape index (κ2) is 9.11. The molecule has 4 aromatic rings. The lowest BCUT2D eigenvalue weighted by molar-refractivity contribution is 0.0201. The zero-order valence-electron chi connectivity index (χ0n) is 21.7. The van der Waals surface area contributed by atoms with Gasteiger partial charge in [0.2, 0.25) is 6.79 Å². The molecule has 3 heterocycles. The minimum Gasteiger partial charge on any atom is -0.493 e. The second-order valence-electron chi connectivity index (χ2n) is 10.1. The van der Waals surface area contributed by atoms with Crippen LogP contribution in [0.1, 0.15) is 20.8 Å². The van der Waals surface area contributed by atoms with Gasteiger partial charge in [0.15, 0.2) is 23.0 Å². The maximum absolute atomic E-state index is 14.0. The fourth-order valence-corrected chi connectivity index (χ4v) is 4.38. The van der Waals surface area contributed by atoms with Crippen molar-refractivity contribution in [2.24, 2.45) is 0 Å². The summed E-state index contributed by atoms with van der Waals surface area (Å²) in [6.07, 6.45) is 0.851. The van der Waals surface area contributed by atoms with Crippen LogP contribution < -0.4 is 24.5 Å². The quantitative estimate of drug-likeness (QED) is 0.222. The number of fused-ring (bicyclic) bond motifs is 6. The summed E-state index contributed by atoms with van der Waals surface area (Å²) in [6, 6.07) is 6.90. The highest BCUT2D eigenvalue weighted by atomic mass is 16.7. The van der Waals surface area contributed by atoms with Crippen LogP contribution in [0, 0.1) is 0 Å². The van der Waals surface area contributed by atoms with Gasteiger partial charge in [-0.15, -0.1) is 0 Å². The minimum atomic E-state index is -0.886. The molecule has 0 amide bonds. The number of carbonyl (C=O) groups excluding carboxylic acids is 1. The van der Waals surface area contributed by atoms with Gasteiger partial charge in [0, 0.05) is 41.5 Å². The molecule has 1 aliphatic heterocycles. The third-order valence-corrected chi connectivity index (χ3v) is 6.03. The molecule has 0 unspecified atom stereocenters. The number of hydrogen-bond acceptors (Lipinski definition) is 9. The van der Waals surface area contributed by atoms with Crippen LogP contribution in [0.25, 0.3) is 32.6 Å². The van der Waals surface area contributed by atoms with Gasteiger partial charge < -0.3 is 33.2 Å². The zero-order valence-corrected chi connectivity index (χ0v) is 21.7. The number of carbonyl (C=O) groups is 1. The first-order chi connectivity index (χ1) is 17.6. The van der Waals surface area contributed by atoms with Crippen molar-refractivity contribution in [1.82, 2.24) is 14.5 Å². The van der Waals surface area contributed by atoms with Crippen LogP contribution in [0.5, 0.6) is 23.0 Å². The molecule has 0 bridgehead atoms. The Morgan fingerprint density at radius 2 is 1.73 bits per heavy atom. The van der Waals surface area contributed by atoms with Crippen LogP contribution in [0.15, 0.2) is 35.3 Å². The summed E-state index contributed by atoms with van der Waals surface area (Å²) in [6.45, 7) is 6.42. The maximum atomic E-state index is 14.0. The van der Waals surface area contributed by atoms with Gasteiger partial charge in [0.1, 0.15) is 5.60 Å². The van der Waals surface area contributed by atoms with Crippen molar-refractivity contribution in [3.05, 3.63) is 40.8 Å². The second-order valence-corrected chi connectivity index (χ2v) is 10.1. The third kappa shape index (κ3) is 4.60. The Hall–Kier alpha value is -4.05. The molecule has 194 valence electrons. The van der Waals surface area contributed by atoms with E-state index in [0.717, 1.165) is 16.3 Å². The molecule has 0 saturated carbocycles. The number of hydrogen-bond donors (Lipinski definition) is 0. The average Bonchev–Trinajstić information content (AvgIpc) is 3.28. The highest BCUT2D eigenvalue weighted by Crippen LogP contribution is 2.40. The Labute approximate surface area is 213 Å². The van der Waals surface area contributed by atoms with E-state index in [1.165, 1.54) is 13.2 Å². The number of nitrogens with zero attached hydrogens (tertiary/aromatic N) is 3. The van der Waals surface area contributed by atoms with Gasteiger partial charge >= 0.3 is 6.16 Å².